The van der Waals surface area contributed by atoms with Gasteiger partial charge in [0.2, 0.25) is 5.91 Å². The minimum Gasteiger partial charge on any atom is -0.348 e. The van der Waals surface area contributed by atoms with Crippen LogP contribution in [0, 0.1) is 0 Å². The Kier molecular flexibility index (Phi) is 6.77. The molecule has 1 fully saturated rings. The van der Waals surface area contributed by atoms with E-state index in [1.54, 1.807) is 6.20 Å². The van der Waals surface area contributed by atoms with Crippen LogP contribution in [0.4, 0.5) is 0 Å². The number of rotatable bonds is 6. The van der Waals surface area contributed by atoms with Crippen LogP contribution in [0.1, 0.15) is 47.3 Å². The molecule has 2 aromatic carbocycles. The van der Waals surface area contributed by atoms with Crippen LogP contribution in [0.25, 0.3) is 10.6 Å². The molecule has 160 valence electrons. The Balaban J connectivity index is 1.31. The van der Waals surface area contributed by atoms with Gasteiger partial charge in [0.1, 0.15) is 9.88 Å². The molecule has 1 atom stereocenters. The third-order valence-corrected chi connectivity index (χ3v) is 6.85. The first kappa shape index (κ1) is 21.2. The summed E-state index contributed by atoms with van der Waals surface area (Å²) in [6.45, 7) is 3.40. The Bertz CT molecular complexity index is 1010. The molecule has 31 heavy (non-hydrogen) atoms. The molecule has 1 aliphatic heterocycles. The van der Waals surface area contributed by atoms with Crippen LogP contribution in [-0.2, 0) is 4.79 Å². The number of nitrogens with zero attached hydrogens (tertiary/aromatic N) is 2. The van der Waals surface area contributed by atoms with E-state index in [0.29, 0.717) is 18.0 Å². The van der Waals surface area contributed by atoms with E-state index in [2.05, 4.69) is 17.2 Å². The second-order valence-corrected chi connectivity index (χ2v) is 8.87. The van der Waals surface area contributed by atoms with Gasteiger partial charge in [-0.3, -0.25) is 9.59 Å². The quantitative estimate of drug-likeness (QED) is 0.612. The van der Waals surface area contributed by atoms with Crippen molar-refractivity contribution in [2.45, 2.75) is 38.1 Å². The third kappa shape index (κ3) is 5.02. The minimum atomic E-state index is -0.0964. The molecule has 2 heterocycles. The van der Waals surface area contributed by atoms with E-state index in [0.717, 1.165) is 35.4 Å². The van der Waals surface area contributed by atoms with Crippen molar-refractivity contribution in [3.8, 4) is 10.6 Å². The molecule has 4 rings (SSSR count). The van der Waals surface area contributed by atoms with E-state index in [1.807, 2.05) is 65.6 Å². The van der Waals surface area contributed by atoms with Crippen molar-refractivity contribution in [2.24, 2.45) is 0 Å². The Labute approximate surface area is 187 Å². The second kappa shape index (κ2) is 9.88. The maximum Gasteiger partial charge on any atom is 0.263 e. The molecule has 1 aliphatic rings. The van der Waals surface area contributed by atoms with E-state index in [4.69, 9.17) is 0 Å². The Hall–Kier alpha value is -2.99. The molecule has 0 radical (unpaired) electrons. The molecule has 1 aromatic heterocycles. The molecule has 0 bridgehead atoms. The van der Waals surface area contributed by atoms with Crippen molar-refractivity contribution in [1.29, 1.82) is 0 Å². The van der Waals surface area contributed by atoms with E-state index in [-0.39, 0.29) is 23.8 Å². The predicted molar refractivity (Wildman–Crippen MR) is 124 cm³/mol. The van der Waals surface area contributed by atoms with Gasteiger partial charge in [0.15, 0.2) is 0 Å². The third-order valence-electron chi connectivity index (χ3n) is 5.80. The number of thiazole rings is 1. The minimum absolute atomic E-state index is 0.0793. The summed E-state index contributed by atoms with van der Waals surface area (Å²) in [5.41, 5.74) is 2.09. The van der Waals surface area contributed by atoms with Crippen LogP contribution >= 0.6 is 11.3 Å². The Morgan fingerprint density at radius 2 is 1.71 bits per heavy atom. The zero-order valence-electron chi connectivity index (χ0n) is 17.7. The van der Waals surface area contributed by atoms with Gasteiger partial charge in [-0.1, -0.05) is 67.6 Å². The van der Waals surface area contributed by atoms with Crippen molar-refractivity contribution in [3.05, 3.63) is 77.3 Å². The predicted octanol–water partition coefficient (Wildman–Crippen LogP) is 4.72. The van der Waals surface area contributed by atoms with Gasteiger partial charge in [-0.2, -0.15) is 0 Å². The lowest BCUT2D eigenvalue weighted by Crippen LogP contribution is -2.47. The van der Waals surface area contributed by atoms with Gasteiger partial charge in [-0.05, 0) is 24.8 Å². The first-order valence-electron chi connectivity index (χ1n) is 10.8. The highest BCUT2D eigenvalue weighted by Gasteiger charge is 2.29. The van der Waals surface area contributed by atoms with E-state index in [1.165, 1.54) is 11.3 Å². The number of benzene rings is 2. The maximum atomic E-state index is 13.0. The number of carbonyl (C=O) groups is 2. The molecule has 6 heteroatoms. The normalized spacial score (nSPS) is 15.5. The standard InChI is InChI=1S/C25H27N3O2S/c1-2-21(18-9-5-3-6-10-18)25(30)28-15-13-20(14-16-28)27-23(29)22-17-26-24(31-22)19-11-7-4-8-12-19/h3-12,17,20-21H,2,13-16H2,1H3,(H,27,29). The molecule has 2 amide bonds. The molecule has 0 aliphatic carbocycles. The second-order valence-electron chi connectivity index (χ2n) is 7.84. The van der Waals surface area contributed by atoms with E-state index < -0.39 is 0 Å². The lowest BCUT2D eigenvalue weighted by Gasteiger charge is -2.34. The van der Waals surface area contributed by atoms with Crippen LogP contribution in [0.3, 0.4) is 0 Å². The highest BCUT2D eigenvalue weighted by Crippen LogP contribution is 2.26. The molecule has 1 saturated heterocycles. The van der Waals surface area contributed by atoms with Gasteiger partial charge in [0.25, 0.3) is 5.91 Å². The number of piperidine rings is 1. The molecule has 1 N–H and O–H groups in total. The van der Waals surface area contributed by atoms with Crippen molar-refractivity contribution in [2.75, 3.05) is 13.1 Å². The van der Waals surface area contributed by atoms with Gasteiger partial charge < -0.3 is 10.2 Å². The average molecular weight is 434 g/mol. The highest BCUT2D eigenvalue weighted by molar-refractivity contribution is 7.16. The molecule has 5 nitrogen and oxygen atoms in total. The number of nitrogens with one attached hydrogen (secondary N) is 1. The number of hydrogen-bond acceptors (Lipinski definition) is 4. The van der Waals surface area contributed by atoms with Crippen molar-refractivity contribution in [3.63, 3.8) is 0 Å². The summed E-state index contributed by atoms with van der Waals surface area (Å²) in [6.07, 6.45) is 3.97. The summed E-state index contributed by atoms with van der Waals surface area (Å²) in [5.74, 6) is 0.00885. The first-order valence-corrected chi connectivity index (χ1v) is 11.6. The van der Waals surface area contributed by atoms with Crippen molar-refractivity contribution >= 4 is 23.2 Å². The Morgan fingerprint density at radius 3 is 2.35 bits per heavy atom. The molecular weight excluding hydrogens is 406 g/mol. The van der Waals surface area contributed by atoms with Crippen LogP contribution in [0.15, 0.2) is 66.9 Å². The van der Waals surface area contributed by atoms with Gasteiger partial charge in [-0.15, -0.1) is 11.3 Å². The number of amides is 2. The Morgan fingerprint density at radius 1 is 1.06 bits per heavy atom. The smallest absolute Gasteiger partial charge is 0.263 e. The summed E-state index contributed by atoms with van der Waals surface area (Å²) in [6, 6.07) is 19.9. The van der Waals surface area contributed by atoms with E-state index in [9.17, 15) is 9.59 Å². The fourth-order valence-electron chi connectivity index (χ4n) is 4.05. The summed E-state index contributed by atoms with van der Waals surface area (Å²) in [4.78, 5) is 32.7. The lowest BCUT2D eigenvalue weighted by molar-refractivity contribution is -0.134. The number of likely N-dealkylation sites (tertiary alicyclic amines) is 1. The fourth-order valence-corrected chi connectivity index (χ4v) is 4.88. The SMILES string of the molecule is CCC(C(=O)N1CCC(NC(=O)c2cnc(-c3ccccc3)s2)CC1)c1ccccc1. The topological polar surface area (TPSA) is 62.3 Å². The summed E-state index contributed by atoms with van der Waals surface area (Å²) < 4.78 is 0. The molecule has 0 saturated carbocycles. The summed E-state index contributed by atoms with van der Waals surface area (Å²) in [7, 11) is 0. The first-order chi connectivity index (χ1) is 15.2. The molecule has 1 unspecified atom stereocenters. The van der Waals surface area contributed by atoms with Gasteiger partial charge in [0, 0.05) is 24.7 Å². The molecule has 3 aromatic rings. The summed E-state index contributed by atoms with van der Waals surface area (Å²) >= 11 is 1.40. The number of carbonyl (C=O) groups excluding carboxylic acids is 2. The average Bonchev–Trinajstić information content (AvgIpc) is 3.32. The van der Waals surface area contributed by atoms with Crippen molar-refractivity contribution in [1.82, 2.24) is 15.2 Å². The maximum absolute atomic E-state index is 13.0. The molecular formula is C25H27N3O2S. The zero-order chi connectivity index (χ0) is 21.6. The van der Waals surface area contributed by atoms with Crippen LogP contribution in [-0.4, -0.2) is 40.8 Å². The summed E-state index contributed by atoms with van der Waals surface area (Å²) in [5, 5.41) is 3.97. The van der Waals surface area contributed by atoms with Gasteiger partial charge >= 0.3 is 0 Å². The van der Waals surface area contributed by atoms with Crippen LogP contribution in [0.5, 0.6) is 0 Å². The fraction of sp³-hybridized carbons (Fsp3) is 0.320. The van der Waals surface area contributed by atoms with Gasteiger partial charge in [-0.25, -0.2) is 4.98 Å². The largest absolute Gasteiger partial charge is 0.348 e. The number of aromatic nitrogens is 1. The molecule has 0 spiro atoms. The van der Waals surface area contributed by atoms with Crippen LogP contribution < -0.4 is 5.32 Å². The van der Waals surface area contributed by atoms with Crippen LogP contribution in [0.2, 0.25) is 0 Å². The zero-order valence-corrected chi connectivity index (χ0v) is 18.5. The monoisotopic (exact) mass is 433 g/mol. The lowest BCUT2D eigenvalue weighted by atomic mass is 9.93. The van der Waals surface area contributed by atoms with E-state index >= 15 is 0 Å². The highest BCUT2D eigenvalue weighted by atomic mass is 32.1. The van der Waals surface area contributed by atoms with Gasteiger partial charge in [0.05, 0.1) is 12.1 Å². The number of hydrogen-bond donors (Lipinski definition) is 1. The van der Waals surface area contributed by atoms with Crippen molar-refractivity contribution < 1.29 is 9.59 Å².